The maximum atomic E-state index is 3.95. The summed E-state index contributed by atoms with van der Waals surface area (Å²) in [7, 11) is 0. The molecule has 0 aliphatic carbocycles. The molecule has 0 spiro atoms. The maximum absolute atomic E-state index is 3.95. The van der Waals surface area contributed by atoms with Crippen molar-refractivity contribution in [3.05, 3.63) is 0 Å². The highest BCUT2D eigenvalue weighted by molar-refractivity contribution is 9.02. The first-order valence-electron chi connectivity index (χ1n) is 0.855. The molecule has 0 saturated carbocycles. The highest BCUT2D eigenvalue weighted by Crippen LogP contribution is 2.49. The van der Waals surface area contributed by atoms with Gasteiger partial charge in [-0.15, -0.1) is 24.5 Å². The van der Waals surface area contributed by atoms with Gasteiger partial charge in [0, 0.05) is 0 Å². The average Bonchev–Trinajstić information content (AvgIpc) is 1.41. The first kappa shape index (κ1) is 6.91. The van der Waals surface area contributed by atoms with Crippen LogP contribution in [-0.4, -0.2) is 0 Å². The van der Waals surface area contributed by atoms with Gasteiger partial charge in [0.05, 0.1) is 0 Å². The van der Waals surface area contributed by atoms with E-state index in [-0.39, 0.29) is 0 Å². The molecule has 0 aromatic rings. The van der Waals surface area contributed by atoms with Gasteiger partial charge in [-0.25, -0.2) is 0 Å². The van der Waals surface area contributed by atoms with Crippen LogP contribution in [0.4, 0.5) is 0 Å². The lowest BCUT2D eigenvalue weighted by molar-refractivity contribution is 5.49. The smallest absolute Gasteiger partial charge is 0.000252 e. The molecular weight excluding hydrogens is 158 g/mol. The Morgan fingerprint density at radius 2 is 1.60 bits per heavy atom. The van der Waals surface area contributed by atoms with Crippen molar-refractivity contribution in [2.75, 3.05) is 0 Å². The molecule has 5 heteroatoms. The highest BCUT2D eigenvalue weighted by atomic mass is 33.3. The third kappa shape index (κ3) is 5.91. The Morgan fingerprint density at radius 3 is 1.60 bits per heavy atom. The Balaban J connectivity index is 2.19. The molecule has 0 nitrogen and oxygen atoms in total. The quantitative estimate of drug-likeness (QED) is 0.465. The summed E-state index contributed by atoms with van der Waals surface area (Å²) in [5.41, 5.74) is 0. The van der Waals surface area contributed by atoms with Crippen LogP contribution in [0.3, 0.4) is 0 Å². The molecule has 0 heterocycles. The summed E-state index contributed by atoms with van der Waals surface area (Å²) in [6.45, 7) is 1.41. The third-order valence-corrected chi connectivity index (χ3v) is 7.39. The van der Waals surface area contributed by atoms with Crippen LogP contribution in [0, 0.1) is 0 Å². The minimum Gasteiger partial charge on any atom is -0.143 e. The fraction of sp³-hybridized carbons (Fsp3) is 0. The van der Waals surface area contributed by atoms with Gasteiger partial charge in [-0.2, -0.15) is 0 Å². The van der Waals surface area contributed by atoms with Crippen LogP contribution in [0.2, 0.25) is 0 Å². The standard InChI is InChI=1S/H4P2S3/c3-1-5-2-4/h1-4H. The van der Waals surface area contributed by atoms with E-state index in [1.807, 2.05) is 0 Å². The summed E-state index contributed by atoms with van der Waals surface area (Å²) in [4.78, 5) is 0. The van der Waals surface area contributed by atoms with Crippen LogP contribution in [0.5, 0.6) is 0 Å². The Morgan fingerprint density at radius 1 is 1.20 bits per heavy atom. The third-order valence-electron chi connectivity index (χ3n) is 0.0913. The lowest BCUT2D eigenvalue weighted by Crippen LogP contribution is -0.980. The molecule has 0 rings (SSSR count). The molecule has 0 aliphatic heterocycles. The van der Waals surface area contributed by atoms with Crippen LogP contribution in [0.15, 0.2) is 0 Å². The van der Waals surface area contributed by atoms with Gasteiger partial charge in [-0.05, 0) is 14.0 Å². The molecule has 0 aliphatic rings. The van der Waals surface area contributed by atoms with Crippen molar-refractivity contribution >= 4 is 49.5 Å². The monoisotopic (exact) mass is 162 g/mol. The van der Waals surface area contributed by atoms with E-state index in [1.165, 1.54) is 0 Å². The fourth-order valence-corrected chi connectivity index (χ4v) is 4.96. The number of hydrogen-bond acceptors (Lipinski definition) is 3. The Hall–Kier alpha value is 1.91. The van der Waals surface area contributed by atoms with Crippen LogP contribution in [-0.2, 0) is 0 Å². The van der Waals surface area contributed by atoms with E-state index in [2.05, 4.69) is 24.5 Å². The minimum absolute atomic E-state index is 0.705. The minimum atomic E-state index is 0.705. The Bertz CT molecular complexity index is 12.4. The number of thiol groups is 2. The summed E-state index contributed by atoms with van der Waals surface area (Å²) in [6.07, 6.45) is 0. The Labute approximate surface area is 49.6 Å². The topological polar surface area (TPSA) is 0 Å². The zero-order valence-electron chi connectivity index (χ0n) is 2.30. The second-order valence-corrected chi connectivity index (χ2v) is 7.69. The highest BCUT2D eigenvalue weighted by Gasteiger charge is 1.68. The molecule has 0 radical (unpaired) electrons. The molecule has 0 N–H and O–H groups in total. The van der Waals surface area contributed by atoms with Crippen LogP contribution >= 0.6 is 49.5 Å². The van der Waals surface area contributed by atoms with Crippen molar-refractivity contribution in [3.8, 4) is 0 Å². The van der Waals surface area contributed by atoms with Gasteiger partial charge in [0.25, 0.3) is 0 Å². The second kappa shape index (κ2) is 5.91. The van der Waals surface area contributed by atoms with Crippen molar-refractivity contribution in [1.82, 2.24) is 0 Å². The zero-order valence-corrected chi connectivity index (χ0v) is 6.91. The van der Waals surface area contributed by atoms with Gasteiger partial charge in [0.2, 0.25) is 0 Å². The van der Waals surface area contributed by atoms with Gasteiger partial charge in [-0.1, -0.05) is 11.0 Å². The normalized spacial score (nSPS) is 13.2. The summed E-state index contributed by atoms with van der Waals surface area (Å²) in [5.74, 6) is 0. The largest absolute Gasteiger partial charge is 0.143 e. The van der Waals surface area contributed by atoms with Crippen molar-refractivity contribution in [2.45, 2.75) is 0 Å². The first-order valence-corrected chi connectivity index (χ1v) is 7.70. The number of hydrogen-bond donors (Lipinski definition) is 2. The van der Waals surface area contributed by atoms with Crippen molar-refractivity contribution in [1.29, 1.82) is 0 Å². The molecular formula is H4P2S3. The molecule has 5 heavy (non-hydrogen) atoms. The van der Waals surface area contributed by atoms with Crippen LogP contribution < -0.4 is 0 Å². The molecule has 2 unspecified atom stereocenters. The van der Waals surface area contributed by atoms with Crippen molar-refractivity contribution in [3.63, 3.8) is 0 Å². The van der Waals surface area contributed by atoms with E-state index in [9.17, 15) is 0 Å². The van der Waals surface area contributed by atoms with E-state index in [0.717, 1.165) is 0 Å². The van der Waals surface area contributed by atoms with E-state index in [0.29, 0.717) is 14.0 Å². The summed E-state index contributed by atoms with van der Waals surface area (Å²) >= 11 is 9.65. The molecule has 0 aromatic carbocycles. The predicted octanol–water partition coefficient (Wildman–Crippen LogP) is 2.60. The molecule has 0 bridgehead atoms. The Kier molecular flexibility index (Phi) is 8.17. The molecule has 0 saturated heterocycles. The van der Waals surface area contributed by atoms with Crippen molar-refractivity contribution in [2.24, 2.45) is 0 Å². The second-order valence-electron chi connectivity index (χ2n) is 0.285. The van der Waals surface area contributed by atoms with E-state index in [4.69, 9.17) is 0 Å². The van der Waals surface area contributed by atoms with Crippen LogP contribution in [0.25, 0.3) is 0 Å². The summed E-state index contributed by atoms with van der Waals surface area (Å²) in [5, 5.41) is 0. The van der Waals surface area contributed by atoms with Gasteiger partial charge in [0.15, 0.2) is 0 Å². The molecule has 0 fully saturated rings. The SMILES string of the molecule is SPSPS. The lowest BCUT2D eigenvalue weighted by Gasteiger charge is -1.79. The lowest BCUT2D eigenvalue weighted by atomic mass is 29.7. The van der Waals surface area contributed by atoms with Gasteiger partial charge in [-0.3, -0.25) is 0 Å². The molecule has 2 atom stereocenters. The van der Waals surface area contributed by atoms with Gasteiger partial charge < -0.3 is 0 Å². The van der Waals surface area contributed by atoms with E-state index >= 15 is 0 Å². The van der Waals surface area contributed by atoms with Crippen LogP contribution in [0.1, 0.15) is 0 Å². The number of rotatable bonds is 2. The predicted molar refractivity (Wildman–Crippen MR) is 42.2 cm³/mol. The maximum Gasteiger partial charge on any atom is -0.000252 e. The summed E-state index contributed by atoms with van der Waals surface area (Å²) < 4.78 is 0. The van der Waals surface area contributed by atoms with Crippen molar-refractivity contribution < 1.29 is 0 Å². The van der Waals surface area contributed by atoms with Gasteiger partial charge >= 0.3 is 0 Å². The van der Waals surface area contributed by atoms with E-state index in [1.54, 1.807) is 11.0 Å². The molecule has 32 valence electrons. The summed E-state index contributed by atoms with van der Waals surface area (Å²) in [6, 6.07) is 0. The fourth-order valence-electron chi connectivity index (χ4n) is 0.0204. The zero-order chi connectivity index (χ0) is 4.12. The van der Waals surface area contributed by atoms with E-state index < -0.39 is 0 Å². The average molecular weight is 162 g/mol. The van der Waals surface area contributed by atoms with Gasteiger partial charge in [0.1, 0.15) is 0 Å². The molecule has 0 aromatic heterocycles. The molecule has 0 amide bonds. The first-order chi connectivity index (χ1) is 2.41.